The molecule has 2 aromatic rings. The molecule has 0 saturated heterocycles. The Morgan fingerprint density at radius 1 is 1.38 bits per heavy atom. The second-order valence-electron chi connectivity index (χ2n) is 6.23. The van der Waals surface area contributed by atoms with Crippen LogP contribution < -0.4 is 0 Å². The number of aromatic nitrogens is 4. The third kappa shape index (κ3) is 4.66. The summed E-state index contributed by atoms with van der Waals surface area (Å²) >= 11 is 3.42. The minimum absolute atomic E-state index is 0.0790. The van der Waals surface area contributed by atoms with Crippen LogP contribution in [0.5, 0.6) is 0 Å². The van der Waals surface area contributed by atoms with Crippen LogP contribution >= 0.6 is 15.9 Å². The van der Waals surface area contributed by atoms with Gasteiger partial charge in [-0.3, -0.25) is 14.2 Å². The summed E-state index contributed by atoms with van der Waals surface area (Å²) in [7, 11) is 1.65. The van der Waals surface area contributed by atoms with Crippen LogP contribution in [0, 0.1) is 12.8 Å². The fourth-order valence-electron chi connectivity index (χ4n) is 2.56. The van der Waals surface area contributed by atoms with E-state index in [9.17, 15) is 18.0 Å². The molecular weight excluding hydrogens is 415 g/mol. The van der Waals surface area contributed by atoms with Gasteiger partial charge in [-0.2, -0.15) is 23.4 Å². The third-order valence-electron chi connectivity index (χ3n) is 4.01. The second kappa shape index (κ2) is 7.81. The zero-order valence-corrected chi connectivity index (χ0v) is 16.6. The molecule has 0 aliphatic heterocycles. The van der Waals surface area contributed by atoms with Gasteiger partial charge >= 0.3 is 6.18 Å². The van der Waals surface area contributed by atoms with Gasteiger partial charge in [0.05, 0.1) is 29.2 Å². The number of amides is 1. The lowest BCUT2D eigenvalue weighted by Crippen LogP contribution is -2.33. The number of halogens is 4. The number of aryl methyl sites for hydroxylation is 2. The fraction of sp³-hybridized carbons (Fsp3) is 0.562. The fourth-order valence-corrected chi connectivity index (χ4v) is 3.00. The molecule has 0 fully saturated rings. The third-order valence-corrected chi connectivity index (χ3v) is 4.68. The van der Waals surface area contributed by atoms with E-state index < -0.39 is 17.8 Å². The molecule has 26 heavy (non-hydrogen) atoms. The molecule has 1 amide bonds. The Morgan fingerprint density at radius 3 is 2.54 bits per heavy atom. The second-order valence-corrected chi connectivity index (χ2v) is 7.08. The van der Waals surface area contributed by atoms with E-state index in [1.807, 2.05) is 13.1 Å². The van der Waals surface area contributed by atoms with E-state index in [1.54, 1.807) is 18.7 Å². The highest BCUT2D eigenvalue weighted by Crippen LogP contribution is 2.28. The average molecular weight is 436 g/mol. The first-order chi connectivity index (χ1) is 12.0. The van der Waals surface area contributed by atoms with Crippen molar-refractivity contribution in [3.05, 3.63) is 33.8 Å². The Labute approximate surface area is 158 Å². The van der Waals surface area contributed by atoms with Crippen LogP contribution in [-0.4, -0.2) is 37.4 Å². The van der Waals surface area contributed by atoms with Crippen molar-refractivity contribution in [3.8, 4) is 0 Å². The highest BCUT2D eigenvalue weighted by molar-refractivity contribution is 9.10. The van der Waals surface area contributed by atoms with Crippen LogP contribution in [0.1, 0.15) is 30.9 Å². The molecule has 0 bridgehead atoms. The van der Waals surface area contributed by atoms with Crippen LogP contribution in [-0.2, 0) is 30.6 Å². The quantitative estimate of drug-likeness (QED) is 0.697. The summed E-state index contributed by atoms with van der Waals surface area (Å²) in [4.78, 5) is 14.1. The molecule has 2 aromatic heterocycles. The maximum atomic E-state index is 12.8. The van der Waals surface area contributed by atoms with Gasteiger partial charge < -0.3 is 4.90 Å². The predicted octanol–water partition coefficient (Wildman–Crippen LogP) is 3.48. The van der Waals surface area contributed by atoms with Crippen molar-refractivity contribution in [2.45, 2.75) is 46.6 Å². The van der Waals surface area contributed by atoms with E-state index in [0.717, 1.165) is 16.2 Å². The number of hydrogen-bond acceptors (Lipinski definition) is 3. The zero-order chi connectivity index (χ0) is 19.6. The Kier molecular flexibility index (Phi) is 6.15. The highest BCUT2D eigenvalue weighted by Gasteiger charge is 2.34. The van der Waals surface area contributed by atoms with Gasteiger partial charge in [-0.15, -0.1) is 0 Å². The molecule has 0 aliphatic carbocycles. The summed E-state index contributed by atoms with van der Waals surface area (Å²) < 4.78 is 42.0. The van der Waals surface area contributed by atoms with Crippen LogP contribution in [0.15, 0.2) is 16.7 Å². The number of hydrogen-bond donors (Lipinski definition) is 0. The number of rotatable bonds is 6. The molecule has 6 nitrogen and oxygen atoms in total. The number of carbonyl (C=O) groups is 1. The van der Waals surface area contributed by atoms with Gasteiger partial charge in [0.2, 0.25) is 5.91 Å². The topological polar surface area (TPSA) is 56.0 Å². The van der Waals surface area contributed by atoms with Crippen LogP contribution in [0.25, 0.3) is 0 Å². The van der Waals surface area contributed by atoms with Crippen molar-refractivity contribution in [3.63, 3.8) is 0 Å². The first kappa shape index (κ1) is 20.5. The summed E-state index contributed by atoms with van der Waals surface area (Å²) in [5, 5.41) is 7.94. The van der Waals surface area contributed by atoms with E-state index in [4.69, 9.17) is 0 Å². The van der Waals surface area contributed by atoms with Gasteiger partial charge in [0, 0.05) is 25.5 Å². The summed E-state index contributed by atoms with van der Waals surface area (Å²) in [6, 6.07) is 0.982. The summed E-state index contributed by atoms with van der Waals surface area (Å²) in [6.07, 6.45) is -2.66. The normalized spacial score (nSPS) is 13.1. The molecule has 10 heteroatoms. The monoisotopic (exact) mass is 435 g/mol. The molecule has 1 atom stereocenters. The smallest absolute Gasteiger partial charge is 0.339 e. The van der Waals surface area contributed by atoms with Crippen molar-refractivity contribution in [1.29, 1.82) is 0 Å². The first-order valence-electron chi connectivity index (χ1n) is 8.11. The van der Waals surface area contributed by atoms with Crippen molar-refractivity contribution >= 4 is 21.8 Å². The molecule has 1 unspecified atom stereocenters. The van der Waals surface area contributed by atoms with Gasteiger partial charge in [-0.1, -0.05) is 6.92 Å². The summed E-state index contributed by atoms with van der Waals surface area (Å²) in [5.74, 6) is -0.710. The molecule has 2 heterocycles. The molecule has 0 radical (unpaired) electrons. The first-order valence-corrected chi connectivity index (χ1v) is 8.90. The lowest BCUT2D eigenvalue weighted by atomic mass is 10.1. The van der Waals surface area contributed by atoms with Gasteiger partial charge in [0.1, 0.15) is 0 Å². The van der Waals surface area contributed by atoms with E-state index >= 15 is 0 Å². The van der Waals surface area contributed by atoms with Crippen LogP contribution in [0.2, 0.25) is 0 Å². The maximum Gasteiger partial charge on any atom is 0.435 e. The molecule has 0 N–H and O–H groups in total. The van der Waals surface area contributed by atoms with Crippen molar-refractivity contribution in [2.24, 2.45) is 5.92 Å². The van der Waals surface area contributed by atoms with Gasteiger partial charge in [0.15, 0.2) is 5.69 Å². The molecule has 0 spiro atoms. The van der Waals surface area contributed by atoms with Crippen LogP contribution in [0.3, 0.4) is 0 Å². The summed E-state index contributed by atoms with van der Waals surface area (Å²) in [6.45, 7) is 6.28. The largest absolute Gasteiger partial charge is 0.435 e. The Bertz CT molecular complexity index is 783. The maximum absolute atomic E-state index is 12.8. The van der Waals surface area contributed by atoms with Gasteiger partial charge in [-0.25, -0.2) is 0 Å². The van der Waals surface area contributed by atoms with Crippen molar-refractivity contribution < 1.29 is 18.0 Å². The highest BCUT2D eigenvalue weighted by atomic mass is 79.9. The van der Waals surface area contributed by atoms with Gasteiger partial charge in [-0.05, 0) is 35.8 Å². The summed E-state index contributed by atoms with van der Waals surface area (Å²) in [5.41, 5.74) is 0.144. The SMILES string of the molecule is CCn1cc(Br)c(CN(C)C(=O)C(C)Cn2nc(C(F)(F)F)cc2C)n1. The minimum Gasteiger partial charge on any atom is -0.339 e. The number of nitrogens with zero attached hydrogens (tertiary/aromatic N) is 5. The number of carbonyl (C=O) groups excluding carboxylic acids is 1. The molecule has 0 aliphatic rings. The lowest BCUT2D eigenvalue weighted by Gasteiger charge is -2.21. The average Bonchev–Trinajstić information content (AvgIpc) is 3.09. The predicted molar refractivity (Wildman–Crippen MR) is 93.2 cm³/mol. The van der Waals surface area contributed by atoms with Crippen molar-refractivity contribution in [2.75, 3.05) is 7.05 Å². The zero-order valence-electron chi connectivity index (χ0n) is 15.0. The Balaban J connectivity index is 2.04. The van der Waals surface area contributed by atoms with Gasteiger partial charge in [0.25, 0.3) is 0 Å². The standard InChI is InChI=1S/C16H21BrF3N5O/c1-5-24-8-12(17)13(21-24)9-23(4)15(26)10(2)7-25-11(3)6-14(22-25)16(18,19)20/h6,8,10H,5,7,9H2,1-4H3. The minimum atomic E-state index is -4.50. The van der Waals surface area contributed by atoms with Crippen molar-refractivity contribution in [1.82, 2.24) is 24.5 Å². The van der Waals surface area contributed by atoms with E-state index in [2.05, 4.69) is 26.1 Å². The van der Waals surface area contributed by atoms with E-state index in [0.29, 0.717) is 18.8 Å². The van der Waals surface area contributed by atoms with E-state index in [1.165, 1.54) is 16.5 Å². The lowest BCUT2D eigenvalue weighted by molar-refractivity contribution is -0.141. The van der Waals surface area contributed by atoms with E-state index in [-0.39, 0.29) is 12.5 Å². The molecule has 0 aromatic carbocycles. The molecule has 2 rings (SSSR count). The molecule has 144 valence electrons. The van der Waals surface area contributed by atoms with Crippen LogP contribution in [0.4, 0.5) is 13.2 Å². The molecule has 0 saturated carbocycles. The Morgan fingerprint density at radius 2 is 2.04 bits per heavy atom. The molecular formula is C16H21BrF3N5O. The Hall–Kier alpha value is -1.84. The number of alkyl halides is 3.